The van der Waals surface area contributed by atoms with Gasteiger partial charge in [-0.05, 0) is 80.0 Å². The van der Waals surface area contributed by atoms with E-state index in [1.807, 2.05) is 0 Å². The smallest absolute Gasteiger partial charge is 0.186 e. The van der Waals surface area contributed by atoms with Crippen molar-refractivity contribution in [1.82, 2.24) is 0 Å². The fourth-order valence-corrected chi connectivity index (χ4v) is 12.8. The van der Waals surface area contributed by atoms with Crippen molar-refractivity contribution >= 4 is 5.78 Å². The third-order valence-electron chi connectivity index (χ3n) is 16.0. The second-order valence-corrected chi connectivity index (χ2v) is 18.6. The maximum Gasteiger partial charge on any atom is 0.186 e. The Labute approximate surface area is 311 Å². The Bertz CT molecular complexity index is 1340. The van der Waals surface area contributed by atoms with Crippen molar-refractivity contribution in [3.8, 4) is 0 Å². The molecule has 0 bridgehead atoms. The van der Waals surface area contributed by atoms with Crippen molar-refractivity contribution in [2.75, 3.05) is 19.8 Å². The summed E-state index contributed by atoms with van der Waals surface area (Å²) in [5, 5.41) is 72.4. The quantitative estimate of drug-likeness (QED) is 0.185. The molecule has 7 N–H and O–H groups in total. The number of rotatable bonds is 6. The van der Waals surface area contributed by atoms with Crippen LogP contribution in [0.15, 0.2) is 0 Å². The highest BCUT2D eigenvalue weighted by Gasteiger charge is 2.72. The molecular weight excluding hydrogens is 692 g/mol. The van der Waals surface area contributed by atoms with Crippen LogP contribution < -0.4 is 0 Å². The van der Waals surface area contributed by atoms with Crippen molar-refractivity contribution in [2.45, 2.75) is 165 Å². The van der Waals surface area contributed by atoms with Crippen molar-refractivity contribution in [1.29, 1.82) is 0 Å². The molecule has 8 fully saturated rings. The van der Waals surface area contributed by atoms with Crippen LogP contribution in [0.3, 0.4) is 0 Å². The number of aliphatic hydroxyl groups is 7. The molecule has 4 aliphatic heterocycles. The first-order chi connectivity index (χ1) is 25.1. The lowest BCUT2D eigenvalue weighted by Crippen LogP contribution is -2.62. The highest BCUT2D eigenvalue weighted by Crippen LogP contribution is 2.70. The zero-order valence-electron chi connectivity index (χ0n) is 31.4. The third kappa shape index (κ3) is 6.12. The summed E-state index contributed by atoms with van der Waals surface area (Å²) in [6.45, 7) is 8.76. The number of aliphatic hydroxyl groups excluding tert-OH is 7. The Morgan fingerprint density at radius 1 is 0.792 bits per heavy atom. The average Bonchev–Trinajstić information content (AvgIpc) is 3.59. The summed E-state index contributed by atoms with van der Waals surface area (Å²) in [5.74, 6) is 2.02. The van der Waals surface area contributed by atoms with Gasteiger partial charge >= 0.3 is 0 Å². The molecule has 4 aliphatic carbocycles. The minimum absolute atomic E-state index is 0.0443. The van der Waals surface area contributed by atoms with E-state index in [0.29, 0.717) is 48.9 Å². The van der Waals surface area contributed by atoms with E-state index in [1.165, 1.54) is 0 Å². The summed E-state index contributed by atoms with van der Waals surface area (Å²) in [4.78, 5) is 14.5. The van der Waals surface area contributed by atoms with Gasteiger partial charge in [0.2, 0.25) is 0 Å². The van der Waals surface area contributed by atoms with E-state index in [9.17, 15) is 40.5 Å². The van der Waals surface area contributed by atoms with Crippen LogP contribution in [0, 0.1) is 52.3 Å². The number of Topliss-reactive ketones (excluding diaryl/α,β-unsaturated/α-hetero) is 1. The van der Waals surface area contributed by atoms with E-state index in [0.717, 1.165) is 44.9 Å². The highest BCUT2D eigenvalue weighted by molar-refractivity contribution is 5.87. The second-order valence-electron chi connectivity index (χ2n) is 18.6. The lowest BCUT2D eigenvalue weighted by atomic mass is 9.44. The van der Waals surface area contributed by atoms with Gasteiger partial charge < -0.3 is 64.2 Å². The number of carbonyl (C=O) groups excluding carboxylic acids is 1. The molecule has 0 aromatic heterocycles. The first-order valence-corrected chi connectivity index (χ1v) is 20.2. The van der Waals surface area contributed by atoms with Crippen LogP contribution >= 0.6 is 0 Å². The van der Waals surface area contributed by atoms with Gasteiger partial charge in [-0.25, -0.2) is 0 Å². The molecule has 0 amide bonds. The molecule has 0 radical (unpaired) electrons. The van der Waals surface area contributed by atoms with Crippen molar-refractivity contribution in [3.05, 3.63) is 0 Å². The fraction of sp³-hybridized carbons (Fsp3) is 0.974. The molecule has 8 aliphatic rings. The van der Waals surface area contributed by atoms with E-state index in [-0.39, 0.29) is 35.4 Å². The van der Waals surface area contributed by atoms with Crippen molar-refractivity contribution in [3.63, 3.8) is 0 Å². The van der Waals surface area contributed by atoms with E-state index >= 15 is 0 Å². The molecule has 53 heavy (non-hydrogen) atoms. The number of fused-ring (bicyclic) bond motifs is 7. The summed E-state index contributed by atoms with van der Waals surface area (Å²) >= 11 is 0. The fourth-order valence-electron chi connectivity index (χ4n) is 12.8. The monoisotopic (exact) mass is 754 g/mol. The Morgan fingerprint density at radius 3 is 2.19 bits per heavy atom. The van der Waals surface area contributed by atoms with E-state index < -0.39 is 85.8 Å². The number of hydrogen-bond acceptors (Lipinski definition) is 14. The molecule has 4 saturated carbocycles. The van der Waals surface area contributed by atoms with Gasteiger partial charge in [0.15, 0.2) is 18.4 Å². The van der Waals surface area contributed by atoms with Gasteiger partial charge in [-0.3, -0.25) is 4.79 Å². The Kier molecular flexibility index (Phi) is 10.5. The van der Waals surface area contributed by atoms with Crippen LogP contribution in [0.2, 0.25) is 0 Å². The summed E-state index contributed by atoms with van der Waals surface area (Å²) in [5.41, 5.74) is -0.453. The zero-order chi connectivity index (χ0) is 37.8. The molecule has 4 saturated heterocycles. The van der Waals surface area contributed by atoms with Crippen LogP contribution in [0.5, 0.6) is 0 Å². The Hall–Kier alpha value is -0.850. The minimum Gasteiger partial charge on any atom is -0.394 e. The lowest BCUT2D eigenvalue weighted by Gasteiger charge is -2.60. The first-order valence-electron chi connectivity index (χ1n) is 20.2. The van der Waals surface area contributed by atoms with E-state index in [4.69, 9.17) is 28.4 Å². The molecule has 14 heteroatoms. The minimum atomic E-state index is -1.64. The maximum absolute atomic E-state index is 14.5. The standard InChI is InChI=1S/C39H62O14/c1-17-7-10-39(49-15-17)18(2)28-24(53-39)12-23-21-6-5-19-11-20(8-9-37(19,3)22(21)13-27(41)38(23,28)4)50-36-34(47)32(45)30(43)26(52-36)16-48-35-33(46)31(44)29(42)25(14-40)51-35/h17-26,28-36,40,42-47H,5-16H2,1-4H3/t17-,18+,19-,20-,21+,22+,23-,24+,25+,26+,28+,29+,30+,31-,32-,33+,34+,35+,36+,37+,38-,39+/m1/s1. The normalized spacial score (nSPS) is 58.2. The molecule has 0 unspecified atom stereocenters. The topological polar surface area (TPSA) is 214 Å². The van der Waals surface area contributed by atoms with E-state index in [2.05, 4.69) is 27.7 Å². The number of ether oxygens (including phenoxy) is 6. The van der Waals surface area contributed by atoms with Crippen LogP contribution in [-0.2, 0) is 33.2 Å². The molecule has 4 heterocycles. The van der Waals surface area contributed by atoms with Gasteiger partial charge in [0.05, 0.1) is 32.0 Å². The van der Waals surface area contributed by atoms with Gasteiger partial charge in [-0.15, -0.1) is 0 Å². The predicted octanol–water partition coefficient (Wildman–Crippen LogP) is 0.621. The van der Waals surface area contributed by atoms with Crippen molar-refractivity contribution < 1.29 is 69.0 Å². The number of hydrogen-bond donors (Lipinski definition) is 7. The summed E-state index contributed by atoms with van der Waals surface area (Å²) in [6, 6.07) is 0. The van der Waals surface area contributed by atoms with Gasteiger partial charge in [0.1, 0.15) is 54.6 Å². The number of ketones is 1. The van der Waals surface area contributed by atoms with Gasteiger partial charge in [0.25, 0.3) is 0 Å². The first kappa shape index (κ1) is 39.0. The predicted molar refractivity (Wildman–Crippen MR) is 183 cm³/mol. The zero-order valence-corrected chi connectivity index (χ0v) is 31.4. The van der Waals surface area contributed by atoms with E-state index in [1.54, 1.807) is 0 Å². The molecule has 1 spiro atoms. The Balaban J connectivity index is 0.903. The van der Waals surface area contributed by atoms with Crippen LogP contribution in [0.25, 0.3) is 0 Å². The van der Waals surface area contributed by atoms with Crippen LogP contribution in [0.4, 0.5) is 0 Å². The third-order valence-corrected chi connectivity index (χ3v) is 16.0. The SMILES string of the molecule is C[C@@H]1CC[C@]2(OC1)O[C@H]1C[C@@H]3[C@H]4CC[C@@H]5C[C@H](O[C@H]6O[C@@H](CO[C@H]7O[C@@H](CO)[C@H](O)[C@@H](O)[C@@H]7O)[C@H](O)[C@@H](O)[C@@H]6O)CC[C@]5(C)[C@H]4CC(=O)[C@]3(C)[C@H]1[C@@H]2C. The molecule has 0 aromatic rings. The largest absolute Gasteiger partial charge is 0.394 e. The second kappa shape index (κ2) is 14.2. The van der Waals surface area contributed by atoms with Gasteiger partial charge in [-0.1, -0.05) is 27.7 Å². The van der Waals surface area contributed by atoms with Crippen LogP contribution in [0.1, 0.15) is 85.5 Å². The average molecular weight is 755 g/mol. The van der Waals surface area contributed by atoms with Gasteiger partial charge in [-0.2, -0.15) is 0 Å². The molecule has 0 aromatic carbocycles. The summed E-state index contributed by atoms with van der Waals surface area (Å²) in [6.07, 6.45) is -7.03. The summed E-state index contributed by atoms with van der Waals surface area (Å²) in [7, 11) is 0. The lowest BCUT2D eigenvalue weighted by molar-refractivity contribution is -0.338. The van der Waals surface area contributed by atoms with Gasteiger partial charge in [0, 0.05) is 30.1 Å². The summed E-state index contributed by atoms with van der Waals surface area (Å²) < 4.78 is 36.6. The number of carbonyl (C=O) groups is 1. The molecule has 22 atom stereocenters. The highest BCUT2D eigenvalue weighted by atomic mass is 16.7. The molecule has 8 rings (SSSR count). The van der Waals surface area contributed by atoms with Crippen molar-refractivity contribution in [2.24, 2.45) is 52.3 Å². The van der Waals surface area contributed by atoms with Crippen LogP contribution in [-0.4, -0.2) is 141 Å². The maximum atomic E-state index is 14.5. The molecule has 302 valence electrons. The molecular formula is C39H62O14. The Morgan fingerprint density at radius 2 is 1.49 bits per heavy atom. The molecule has 14 nitrogen and oxygen atoms in total.